The van der Waals surface area contributed by atoms with Crippen LogP contribution in [0.4, 0.5) is 0 Å². The largest absolute Gasteiger partial charge is 0.497 e. The Balaban J connectivity index is 0.000000533. The Morgan fingerprint density at radius 2 is 1.70 bits per heavy atom. The van der Waals surface area contributed by atoms with Crippen LogP contribution in [-0.2, 0) is 39.8 Å². The molecule has 15 nitrogen and oxygen atoms in total. The van der Waals surface area contributed by atoms with Gasteiger partial charge < -0.3 is 49.2 Å². The number of fused-ring (bicyclic) bond motifs is 3. The highest BCUT2D eigenvalue weighted by Crippen LogP contribution is 2.55. The summed E-state index contributed by atoms with van der Waals surface area (Å²) in [6.45, 7) is 5.04. The molecule has 0 saturated carbocycles. The SMILES string of the molecule is COC(=O)C[C@](O)(CCC(C)(C)O)C(=O)O[C@@H]1C(OC)=C[C@]23CCCN2CCc2cc4c(cc2[C@H]13)OCO4.O=C(O)C(O)C(=O)O. The van der Waals surface area contributed by atoms with E-state index in [1.807, 2.05) is 12.1 Å². The number of methoxy groups -OCH3 is 2. The van der Waals surface area contributed by atoms with E-state index in [0.29, 0.717) is 17.3 Å². The molecule has 15 heteroatoms. The van der Waals surface area contributed by atoms with Crippen LogP contribution in [-0.4, -0.2) is 117 Å². The Bertz CT molecular complexity index is 1370. The fourth-order valence-corrected chi connectivity index (χ4v) is 6.51. The molecule has 3 aliphatic heterocycles. The molecule has 5 N–H and O–H groups in total. The molecule has 0 aromatic heterocycles. The van der Waals surface area contributed by atoms with Crippen LogP contribution < -0.4 is 9.47 Å². The van der Waals surface area contributed by atoms with Crippen molar-refractivity contribution in [3.63, 3.8) is 0 Å². The van der Waals surface area contributed by atoms with Gasteiger partial charge in [0.2, 0.25) is 12.9 Å². The van der Waals surface area contributed by atoms with Crippen molar-refractivity contribution in [1.82, 2.24) is 4.90 Å². The number of esters is 2. The van der Waals surface area contributed by atoms with Gasteiger partial charge in [0.15, 0.2) is 23.2 Å². The topological polar surface area (TPSA) is 219 Å². The fraction of sp³-hybridized carbons (Fsp3) is 0.613. The van der Waals surface area contributed by atoms with E-state index in [4.69, 9.17) is 39.0 Å². The highest BCUT2D eigenvalue weighted by molar-refractivity contribution is 5.95. The number of nitrogens with zero attached hydrogens (tertiary/aromatic N) is 1. The number of ether oxygens (including phenoxy) is 5. The summed E-state index contributed by atoms with van der Waals surface area (Å²) in [6, 6.07) is 3.99. The standard InChI is InChI=1S/C28H37NO9.C3H4O5/c1-26(2,32)8-9-28(33,15-22(30)35-4)25(31)38-24-21(34-3)14-27-7-5-10-29(27)11-6-17-12-19-20(37-16-36-19)13-18(17)23(24)27;4-1(2(5)6)3(7)8/h12-14,23-24,32-33H,5-11,15-16H2,1-4H3;1,4H,(H,5,6)(H,7,8)/t23-,24-,27+,28-;/m1./s1. The van der Waals surface area contributed by atoms with E-state index in [9.17, 15) is 29.4 Å². The van der Waals surface area contributed by atoms with Crippen molar-refractivity contribution in [2.24, 2.45) is 0 Å². The van der Waals surface area contributed by atoms with Gasteiger partial charge in [-0.25, -0.2) is 14.4 Å². The highest BCUT2D eigenvalue weighted by Gasteiger charge is 2.59. The van der Waals surface area contributed by atoms with Crippen LogP contribution in [0, 0.1) is 0 Å². The first-order valence-corrected chi connectivity index (χ1v) is 14.9. The summed E-state index contributed by atoms with van der Waals surface area (Å²) in [4.78, 5) is 47.3. The zero-order chi connectivity index (χ0) is 34.0. The van der Waals surface area contributed by atoms with Gasteiger partial charge in [0.25, 0.3) is 0 Å². The predicted octanol–water partition coefficient (Wildman–Crippen LogP) is 0.707. The number of benzene rings is 1. The Hall–Kier alpha value is -3.92. The third kappa shape index (κ3) is 7.07. The van der Waals surface area contributed by atoms with E-state index in [1.54, 1.807) is 21.0 Å². The third-order valence-corrected chi connectivity index (χ3v) is 8.86. The van der Waals surface area contributed by atoms with Crippen molar-refractivity contribution in [3.05, 3.63) is 35.1 Å². The number of aliphatic hydroxyl groups is 3. The second kappa shape index (κ2) is 13.4. The first kappa shape index (κ1) is 34.9. The van der Waals surface area contributed by atoms with Crippen molar-refractivity contribution in [2.75, 3.05) is 34.1 Å². The lowest BCUT2D eigenvalue weighted by molar-refractivity contribution is -0.179. The number of rotatable bonds is 10. The fourth-order valence-electron chi connectivity index (χ4n) is 6.51. The molecule has 0 bridgehead atoms. The molecule has 0 radical (unpaired) electrons. The lowest BCUT2D eigenvalue weighted by Gasteiger charge is -2.39. The van der Waals surface area contributed by atoms with E-state index >= 15 is 0 Å². The molecule has 1 saturated heterocycles. The van der Waals surface area contributed by atoms with E-state index < -0.39 is 59.2 Å². The molecule has 3 heterocycles. The van der Waals surface area contributed by atoms with E-state index in [-0.39, 0.29) is 25.6 Å². The predicted molar refractivity (Wildman–Crippen MR) is 156 cm³/mol. The van der Waals surface area contributed by atoms with Crippen LogP contribution >= 0.6 is 0 Å². The molecule has 1 aromatic carbocycles. The van der Waals surface area contributed by atoms with Crippen molar-refractivity contribution in [2.45, 2.75) is 87.2 Å². The molecule has 4 atom stereocenters. The summed E-state index contributed by atoms with van der Waals surface area (Å²) in [5.41, 5.74) is -1.69. The molecule has 1 fully saturated rings. The molecule has 0 amide bonds. The summed E-state index contributed by atoms with van der Waals surface area (Å²) >= 11 is 0. The third-order valence-electron chi connectivity index (χ3n) is 8.86. The van der Waals surface area contributed by atoms with Crippen molar-refractivity contribution >= 4 is 23.9 Å². The quantitative estimate of drug-likeness (QED) is 0.174. The monoisotopic (exact) mass is 651 g/mol. The lowest BCUT2D eigenvalue weighted by atomic mass is 9.77. The zero-order valence-corrected chi connectivity index (χ0v) is 26.2. The average molecular weight is 652 g/mol. The van der Waals surface area contributed by atoms with Gasteiger partial charge in [0, 0.05) is 6.54 Å². The number of carbonyl (C=O) groups excluding carboxylic acids is 2. The van der Waals surface area contributed by atoms with Gasteiger partial charge in [-0.3, -0.25) is 9.69 Å². The van der Waals surface area contributed by atoms with Gasteiger partial charge in [-0.1, -0.05) is 0 Å². The molecule has 1 spiro atoms. The normalized spacial score (nSPS) is 24.2. The molecule has 1 aromatic rings. The average Bonchev–Trinajstić information content (AvgIpc) is 3.69. The van der Waals surface area contributed by atoms with Gasteiger partial charge in [0.05, 0.1) is 37.7 Å². The minimum Gasteiger partial charge on any atom is -0.497 e. The number of hydrogen-bond donors (Lipinski definition) is 5. The summed E-state index contributed by atoms with van der Waals surface area (Å²) in [5.74, 6) is -3.67. The molecule has 5 rings (SSSR count). The molecule has 254 valence electrons. The second-order valence-electron chi connectivity index (χ2n) is 12.5. The number of hydrogen-bond acceptors (Lipinski definition) is 13. The first-order valence-electron chi connectivity index (χ1n) is 14.9. The molecular weight excluding hydrogens is 610 g/mol. The van der Waals surface area contributed by atoms with E-state index in [2.05, 4.69) is 11.0 Å². The smallest absolute Gasteiger partial charge is 0.344 e. The highest BCUT2D eigenvalue weighted by atomic mass is 16.7. The molecule has 4 aliphatic rings. The molecule has 0 unspecified atom stereocenters. The maximum absolute atomic E-state index is 13.7. The van der Waals surface area contributed by atoms with Crippen molar-refractivity contribution in [1.29, 1.82) is 0 Å². The van der Waals surface area contributed by atoms with Crippen LogP contribution in [0.3, 0.4) is 0 Å². The summed E-state index contributed by atoms with van der Waals surface area (Å²) in [5, 5.41) is 45.1. The summed E-state index contributed by atoms with van der Waals surface area (Å²) in [7, 11) is 2.74. The van der Waals surface area contributed by atoms with E-state index in [0.717, 1.165) is 43.5 Å². The van der Waals surface area contributed by atoms with Crippen molar-refractivity contribution < 1.29 is 68.4 Å². The van der Waals surface area contributed by atoms with Crippen LogP contribution in [0.25, 0.3) is 0 Å². The molecule has 46 heavy (non-hydrogen) atoms. The maximum Gasteiger partial charge on any atom is 0.344 e. The number of carboxylic acid groups (broad SMARTS) is 2. The van der Waals surface area contributed by atoms with E-state index in [1.165, 1.54) is 7.11 Å². The minimum absolute atomic E-state index is 0.0701. The molecule has 1 aliphatic carbocycles. The van der Waals surface area contributed by atoms with Crippen LogP contribution in [0.1, 0.15) is 63.0 Å². The van der Waals surface area contributed by atoms with Gasteiger partial charge >= 0.3 is 23.9 Å². The van der Waals surface area contributed by atoms with Crippen LogP contribution in [0.5, 0.6) is 11.5 Å². The van der Waals surface area contributed by atoms with Gasteiger partial charge in [-0.15, -0.1) is 0 Å². The van der Waals surface area contributed by atoms with Crippen LogP contribution in [0.15, 0.2) is 24.0 Å². The Kier molecular flexibility index (Phi) is 10.2. The summed E-state index contributed by atoms with van der Waals surface area (Å²) in [6.07, 6.45) is 0.888. The first-order chi connectivity index (χ1) is 21.5. The Morgan fingerprint density at radius 1 is 1.04 bits per heavy atom. The number of aliphatic hydroxyl groups excluding tert-OH is 1. The Labute approximate surface area is 265 Å². The van der Waals surface area contributed by atoms with Gasteiger partial charge in [0.1, 0.15) is 5.76 Å². The second-order valence-corrected chi connectivity index (χ2v) is 12.5. The number of carbonyl (C=O) groups is 4. The maximum atomic E-state index is 13.7. The lowest BCUT2D eigenvalue weighted by Crippen LogP contribution is -2.49. The van der Waals surface area contributed by atoms with Crippen LogP contribution in [0.2, 0.25) is 0 Å². The van der Waals surface area contributed by atoms with Gasteiger partial charge in [-0.05, 0) is 81.8 Å². The minimum atomic E-state index is -2.30. The summed E-state index contributed by atoms with van der Waals surface area (Å²) < 4.78 is 28.0. The zero-order valence-electron chi connectivity index (χ0n) is 26.2. The van der Waals surface area contributed by atoms with Crippen molar-refractivity contribution in [3.8, 4) is 11.5 Å². The molecular formula is C31H41NO14. The number of carboxylic acids is 2. The van der Waals surface area contributed by atoms with Gasteiger partial charge in [-0.2, -0.15) is 0 Å². The Morgan fingerprint density at radius 3 is 2.26 bits per heavy atom. The number of aliphatic carboxylic acids is 2.